The summed E-state index contributed by atoms with van der Waals surface area (Å²) in [5.74, 6) is 0.470. The minimum atomic E-state index is -3.50. The van der Waals surface area contributed by atoms with E-state index in [4.69, 9.17) is 27.9 Å². The summed E-state index contributed by atoms with van der Waals surface area (Å²) in [6, 6.07) is 10.5. The first-order chi connectivity index (χ1) is 14.1. The molecule has 2 aromatic carbocycles. The number of ether oxygens (including phenoxy) is 1. The third-order valence-electron chi connectivity index (χ3n) is 4.51. The van der Waals surface area contributed by atoms with Crippen LogP contribution in [-0.4, -0.2) is 40.3 Å². The molecule has 0 spiro atoms. The molecule has 0 aliphatic heterocycles. The summed E-state index contributed by atoms with van der Waals surface area (Å²) in [6.07, 6.45) is 1.71. The van der Waals surface area contributed by atoms with E-state index in [1.807, 2.05) is 19.1 Å². The van der Waals surface area contributed by atoms with Gasteiger partial charge in [0.2, 0.25) is 15.9 Å². The van der Waals surface area contributed by atoms with Crippen LogP contribution in [0.15, 0.2) is 36.4 Å². The summed E-state index contributed by atoms with van der Waals surface area (Å²) in [4.78, 5) is 12.1. The zero-order chi connectivity index (χ0) is 22.3. The van der Waals surface area contributed by atoms with Gasteiger partial charge >= 0.3 is 0 Å². The molecule has 30 heavy (non-hydrogen) atoms. The Balaban J connectivity index is 1.80. The number of rotatable bonds is 10. The summed E-state index contributed by atoms with van der Waals surface area (Å²) < 4.78 is 31.3. The largest absolute Gasteiger partial charge is 0.492 e. The van der Waals surface area contributed by atoms with E-state index in [1.54, 1.807) is 31.2 Å². The quantitative estimate of drug-likeness (QED) is 0.521. The minimum absolute atomic E-state index is 0.170. The topological polar surface area (TPSA) is 75.7 Å². The van der Waals surface area contributed by atoms with Gasteiger partial charge in [0.1, 0.15) is 12.4 Å². The summed E-state index contributed by atoms with van der Waals surface area (Å²) in [6.45, 7) is 4.51. The van der Waals surface area contributed by atoms with Gasteiger partial charge in [-0.05, 0) is 55.7 Å². The predicted molar refractivity (Wildman–Crippen MR) is 122 cm³/mol. The molecule has 1 amide bonds. The second-order valence-electron chi connectivity index (χ2n) is 6.93. The number of anilines is 1. The lowest BCUT2D eigenvalue weighted by molar-refractivity contribution is -0.121. The van der Waals surface area contributed by atoms with Crippen molar-refractivity contribution in [3.63, 3.8) is 0 Å². The van der Waals surface area contributed by atoms with E-state index in [0.717, 1.165) is 11.8 Å². The van der Waals surface area contributed by atoms with Gasteiger partial charge in [-0.3, -0.25) is 9.10 Å². The number of benzene rings is 2. The molecule has 2 aromatic rings. The maximum absolute atomic E-state index is 12.2. The van der Waals surface area contributed by atoms with Gasteiger partial charge in [-0.1, -0.05) is 35.3 Å². The normalized spacial score (nSPS) is 11.2. The van der Waals surface area contributed by atoms with Crippen LogP contribution >= 0.6 is 23.2 Å². The van der Waals surface area contributed by atoms with E-state index in [2.05, 4.69) is 5.32 Å². The summed E-state index contributed by atoms with van der Waals surface area (Å²) in [7, 11) is -3.50. The number of amides is 1. The highest BCUT2D eigenvalue weighted by Gasteiger charge is 2.20. The molecule has 0 saturated carbocycles. The average Bonchev–Trinajstić information content (AvgIpc) is 2.67. The lowest BCUT2D eigenvalue weighted by Gasteiger charge is -2.24. The molecular weight excluding hydrogens is 447 g/mol. The molecule has 0 bridgehead atoms. The van der Waals surface area contributed by atoms with Crippen molar-refractivity contribution in [2.24, 2.45) is 0 Å². The number of aryl methyl sites for hydroxylation is 1. The number of carbonyl (C=O) groups is 1. The summed E-state index contributed by atoms with van der Waals surface area (Å²) >= 11 is 12.2. The number of carbonyl (C=O) groups excluding carboxylic acids is 1. The Labute approximate surface area is 188 Å². The first kappa shape index (κ1) is 24.3. The molecular formula is C21H26Cl2N2O4S. The molecule has 2 rings (SSSR count). The molecule has 0 aromatic heterocycles. The van der Waals surface area contributed by atoms with E-state index < -0.39 is 10.0 Å². The maximum atomic E-state index is 12.2. The highest BCUT2D eigenvalue weighted by Crippen LogP contribution is 2.28. The highest BCUT2D eigenvalue weighted by atomic mass is 35.5. The number of nitrogens with zero attached hydrogens (tertiary/aromatic N) is 1. The van der Waals surface area contributed by atoms with Gasteiger partial charge in [-0.25, -0.2) is 8.42 Å². The highest BCUT2D eigenvalue weighted by molar-refractivity contribution is 7.92. The van der Waals surface area contributed by atoms with Crippen LogP contribution in [0.5, 0.6) is 5.75 Å². The number of sulfonamides is 1. The number of hydrogen-bond donors (Lipinski definition) is 1. The fraction of sp³-hybridized carbons (Fsp3) is 0.381. The van der Waals surface area contributed by atoms with Crippen molar-refractivity contribution in [3.05, 3.63) is 57.6 Å². The van der Waals surface area contributed by atoms with Gasteiger partial charge in [-0.2, -0.15) is 0 Å². The molecule has 0 heterocycles. The Bertz CT molecular complexity index is 996. The van der Waals surface area contributed by atoms with Crippen molar-refractivity contribution in [1.82, 2.24) is 5.32 Å². The Morgan fingerprint density at radius 1 is 1.13 bits per heavy atom. The van der Waals surface area contributed by atoms with Crippen LogP contribution in [-0.2, 0) is 14.8 Å². The Kier molecular flexibility index (Phi) is 8.82. The van der Waals surface area contributed by atoms with Crippen molar-refractivity contribution >= 4 is 44.8 Å². The van der Waals surface area contributed by atoms with Crippen LogP contribution in [0, 0.1) is 13.8 Å². The number of halogens is 2. The van der Waals surface area contributed by atoms with Crippen molar-refractivity contribution in [2.45, 2.75) is 26.7 Å². The van der Waals surface area contributed by atoms with Gasteiger partial charge in [0.25, 0.3) is 0 Å². The molecule has 6 nitrogen and oxygen atoms in total. The first-order valence-electron chi connectivity index (χ1n) is 9.48. The Morgan fingerprint density at radius 3 is 2.53 bits per heavy atom. The molecule has 0 unspecified atom stereocenters. The average molecular weight is 473 g/mol. The van der Waals surface area contributed by atoms with Gasteiger partial charge < -0.3 is 10.1 Å². The van der Waals surface area contributed by atoms with Crippen LogP contribution in [0.1, 0.15) is 24.0 Å². The fourth-order valence-corrected chi connectivity index (χ4v) is 4.18. The van der Waals surface area contributed by atoms with Gasteiger partial charge in [0.15, 0.2) is 0 Å². The standard InChI is InChI=1S/C21H26Cl2N2O4S/c1-15-9-10-17(14-19(15)23)29-13-11-24-21(26)8-5-12-25(30(3,27)28)20-7-4-6-18(22)16(20)2/h4,6-7,9-10,14H,5,8,11-13H2,1-3H3,(H,24,26). The molecule has 0 aliphatic carbocycles. The van der Waals surface area contributed by atoms with Crippen molar-refractivity contribution in [1.29, 1.82) is 0 Å². The Morgan fingerprint density at radius 2 is 1.87 bits per heavy atom. The van der Waals surface area contributed by atoms with E-state index in [0.29, 0.717) is 46.6 Å². The molecule has 0 radical (unpaired) electrons. The Hall–Kier alpha value is -1.96. The third kappa shape index (κ3) is 7.07. The van der Waals surface area contributed by atoms with Crippen LogP contribution in [0.3, 0.4) is 0 Å². The summed E-state index contributed by atoms with van der Waals surface area (Å²) in [5.41, 5.74) is 2.17. The van der Waals surface area contributed by atoms with Gasteiger partial charge in [0, 0.05) is 23.0 Å². The fourth-order valence-electron chi connectivity index (χ4n) is 2.83. The lowest BCUT2D eigenvalue weighted by atomic mass is 10.2. The first-order valence-corrected chi connectivity index (χ1v) is 12.1. The predicted octanol–water partition coefficient (Wildman–Crippen LogP) is 4.35. The van der Waals surface area contributed by atoms with E-state index in [-0.39, 0.29) is 18.9 Å². The van der Waals surface area contributed by atoms with E-state index in [1.165, 1.54) is 4.31 Å². The van der Waals surface area contributed by atoms with E-state index >= 15 is 0 Å². The molecule has 164 valence electrons. The third-order valence-corrected chi connectivity index (χ3v) is 6.51. The van der Waals surface area contributed by atoms with Crippen LogP contribution in [0.25, 0.3) is 0 Å². The molecule has 1 N–H and O–H groups in total. The van der Waals surface area contributed by atoms with E-state index in [9.17, 15) is 13.2 Å². The number of nitrogens with one attached hydrogen (secondary N) is 1. The zero-order valence-corrected chi connectivity index (χ0v) is 19.6. The van der Waals surface area contributed by atoms with Crippen LogP contribution in [0.4, 0.5) is 5.69 Å². The minimum Gasteiger partial charge on any atom is -0.492 e. The molecule has 0 atom stereocenters. The molecule has 9 heteroatoms. The van der Waals surface area contributed by atoms with Crippen LogP contribution in [0.2, 0.25) is 10.0 Å². The van der Waals surface area contributed by atoms with Gasteiger partial charge in [0.05, 0.1) is 18.5 Å². The monoisotopic (exact) mass is 472 g/mol. The SMILES string of the molecule is Cc1ccc(OCCNC(=O)CCCN(c2cccc(Cl)c2C)S(C)(=O)=O)cc1Cl. The lowest BCUT2D eigenvalue weighted by Crippen LogP contribution is -2.33. The second-order valence-corrected chi connectivity index (χ2v) is 9.65. The molecule has 0 aliphatic rings. The van der Waals surface area contributed by atoms with Crippen molar-refractivity contribution in [3.8, 4) is 5.75 Å². The van der Waals surface area contributed by atoms with Crippen molar-refractivity contribution in [2.75, 3.05) is 30.3 Å². The molecule has 0 saturated heterocycles. The number of hydrogen-bond acceptors (Lipinski definition) is 4. The smallest absolute Gasteiger partial charge is 0.232 e. The maximum Gasteiger partial charge on any atom is 0.232 e. The van der Waals surface area contributed by atoms with Crippen LogP contribution < -0.4 is 14.4 Å². The van der Waals surface area contributed by atoms with Gasteiger partial charge in [-0.15, -0.1) is 0 Å². The van der Waals surface area contributed by atoms with Crippen molar-refractivity contribution < 1.29 is 17.9 Å². The summed E-state index contributed by atoms with van der Waals surface area (Å²) in [5, 5.41) is 3.89. The second kappa shape index (κ2) is 10.9. The molecule has 0 fully saturated rings. The zero-order valence-electron chi connectivity index (χ0n) is 17.2.